The summed E-state index contributed by atoms with van der Waals surface area (Å²) < 4.78 is 16.2. The molecule has 10 nitrogen and oxygen atoms in total. The molecular formula is C28H52O10. The molecule has 224 valence electrons. The fraction of sp³-hybridized carbons (Fsp3) is 0.964. The second-order valence-electron chi connectivity index (χ2n) is 11.6. The van der Waals surface area contributed by atoms with Crippen LogP contribution >= 0.6 is 0 Å². The Balaban J connectivity index is 1.67. The number of Topliss-reactive ketones (excluding diaryl/α,β-unsaturated/α-hetero) is 1. The van der Waals surface area contributed by atoms with E-state index in [4.69, 9.17) is 14.2 Å². The Morgan fingerprint density at radius 2 is 1.55 bits per heavy atom. The van der Waals surface area contributed by atoms with Gasteiger partial charge < -0.3 is 44.8 Å². The first-order chi connectivity index (χ1) is 18.1. The maximum Gasteiger partial charge on any atom is 0.186 e. The number of aliphatic hydroxyl groups is 6. The molecule has 5 unspecified atom stereocenters. The summed E-state index contributed by atoms with van der Waals surface area (Å²) >= 11 is 0. The molecule has 2 aliphatic rings. The zero-order valence-corrected chi connectivity index (χ0v) is 23.2. The number of unbranched alkanes of at least 4 members (excludes halogenated alkanes) is 7. The summed E-state index contributed by atoms with van der Waals surface area (Å²) in [5, 5.41) is 60.1. The lowest BCUT2D eigenvalue weighted by Gasteiger charge is -2.40. The highest BCUT2D eigenvalue weighted by molar-refractivity contribution is 5.78. The fourth-order valence-corrected chi connectivity index (χ4v) is 5.18. The van der Waals surface area contributed by atoms with Crippen molar-refractivity contribution in [2.75, 3.05) is 26.4 Å². The summed E-state index contributed by atoms with van der Waals surface area (Å²) in [6.45, 7) is 5.01. The highest BCUT2D eigenvalue weighted by Gasteiger charge is 2.44. The normalized spacial score (nSPS) is 29.4. The van der Waals surface area contributed by atoms with E-state index >= 15 is 0 Å². The summed E-state index contributed by atoms with van der Waals surface area (Å²) in [4.78, 5) is 12.7. The van der Waals surface area contributed by atoms with Gasteiger partial charge in [0.2, 0.25) is 0 Å². The van der Waals surface area contributed by atoms with Crippen LogP contribution in [0.1, 0.15) is 90.9 Å². The van der Waals surface area contributed by atoms with E-state index in [2.05, 4.69) is 6.92 Å². The third-order valence-electron chi connectivity index (χ3n) is 8.00. The quantitative estimate of drug-likeness (QED) is 0.123. The first-order valence-corrected chi connectivity index (χ1v) is 14.5. The summed E-state index contributed by atoms with van der Waals surface area (Å²) in [7, 11) is 0. The second-order valence-corrected chi connectivity index (χ2v) is 11.6. The predicted octanol–water partition coefficient (Wildman–Crippen LogP) is 1.45. The van der Waals surface area contributed by atoms with E-state index in [0.717, 1.165) is 38.9 Å². The molecule has 2 rings (SSSR count). The van der Waals surface area contributed by atoms with Crippen molar-refractivity contribution in [1.82, 2.24) is 0 Å². The molecule has 0 aromatic rings. The summed E-state index contributed by atoms with van der Waals surface area (Å²) in [6, 6.07) is 0. The number of ketones is 1. The van der Waals surface area contributed by atoms with Gasteiger partial charge >= 0.3 is 0 Å². The molecule has 0 bridgehead atoms. The van der Waals surface area contributed by atoms with E-state index in [-0.39, 0.29) is 18.8 Å². The van der Waals surface area contributed by atoms with Crippen molar-refractivity contribution in [3.63, 3.8) is 0 Å². The van der Waals surface area contributed by atoms with Crippen molar-refractivity contribution in [2.45, 2.75) is 134 Å². The largest absolute Gasteiger partial charge is 0.394 e. The van der Waals surface area contributed by atoms with Gasteiger partial charge in [-0.25, -0.2) is 0 Å². The molecule has 0 saturated carbocycles. The lowest BCUT2D eigenvalue weighted by atomic mass is 9.83. The van der Waals surface area contributed by atoms with Crippen molar-refractivity contribution < 1.29 is 49.6 Å². The molecule has 0 aliphatic carbocycles. The molecule has 8 atom stereocenters. The van der Waals surface area contributed by atoms with E-state index in [9.17, 15) is 35.4 Å². The number of hydrogen-bond donors (Lipinski definition) is 6. The Hall–Kier alpha value is -0.690. The van der Waals surface area contributed by atoms with Gasteiger partial charge in [0.25, 0.3) is 0 Å². The maximum atomic E-state index is 12.7. The summed E-state index contributed by atoms with van der Waals surface area (Å²) in [5.41, 5.74) is 0.405. The third-order valence-corrected chi connectivity index (χ3v) is 8.00. The van der Waals surface area contributed by atoms with E-state index < -0.39 is 55.4 Å². The van der Waals surface area contributed by atoms with Crippen LogP contribution in [0.3, 0.4) is 0 Å². The van der Waals surface area contributed by atoms with Crippen LogP contribution in [-0.2, 0) is 19.0 Å². The summed E-state index contributed by atoms with van der Waals surface area (Å²) in [5.74, 6) is -0.776. The van der Waals surface area contributed by atoms with Gasteiger partial charge in [-0.2, -0.15) is 0 Å². The van der Waals surface area contributed by atoms with Gasteiger partial charge in [0.15, 0.2) is 6.29 Å². The Morgan fingerprint density at radius 3 is 2.11 bits per heavy atom. The number of carbonyl (C=O) groups is 1. The molecule has 2 saturated heterocycles. The van der Waals surface area contributed by atoms with Crippen molar-refractivity contribution in [3.8, 4) is 0 Å². The van der Waals surface area contributed by atoms with Crippen LogP contribution in [0.2, 0.25) is 0 Å². The monoisotopic (exact) mass is 548 g/mol. The Kier molecular flexibility index (Phi) is 15.2. The molecule has 0 amide bonds. The second kappa shape index (κ2) is 17.2. The van der Waals surface area contributed by atoms with Crippen molar-refractivity contribution >= 4 is 5.78 Å². The number of ether oxygens (including phenoxy) is 3. The molecule has 2 fully saturated rings. The minimum absolute atomic E-state index is 0.000388. The van der Waals surface area contributed by atoms with Gasteiger partial charge in [0.1, 0.15) is 30.2 Å². The van der Waals surface area contributed by atoms with Crippen LogP contribution in [0.15, 0.2) is 0 Å². The maximum absolute atomic E-state index is 12.7. The van der Waals surface area contributed by atoms with Crippen LogP contribution in [-0.4, -0.2) is 106 Å². The SMILES string of the molecule is CC[C@@H](O)[C@@H](O)[C@H](COC1OC(CO)C(O)C(O)C1O)CC(=O)CCCCCCCCCCC1(C)COC1. The number of aliphatic hydroxyl groups excluding tert-OH is 6. The molecule has 38 heavy (non-hydrogen) atoms. The van der Waals surface area contributed by atoms with Gasteiger partial charge in [-0.3, -0.25) is 4.79 Å². The first kappa shape index (κ1) is 33.5. The Labute approximate surface area is 227 Å². The molecular weight excluding hydrogens is 496 g/mol. The van der Waals surface area contributed by atoms with Crippen LogP contribution < -0.4 is 0 Å². The van der Waals surface area contributed by atoms with Crippen LogP contribution in [0, 0.1) is 11.3 Å². The van der Waals surface area contributed by atoms with Crippen LogP contribution in [0.25, 0.3) is 0 Å². The van der Waals surface area contributed by atoms with E-state index in [1.54, 1.807) is 6.92 Å². The molecule has 0 aromatic heterocycles. The van der Waals surface area contributed by atoms with Crippen molar-refractivity contribution in [3.05, 3.63) is 0 Å². The highest BCUT2D eigenvalue weighted by Crippen LogP contribution is 2.32. The minimum Gasteiger partial charge on any atom is -0.394 e. The number of rotatable bonds is 20. The van der Waals surface area contributed by atoms with Gasteiger partial charge in [0, 0.05) is 24.2 Å². The minimum atomic E-state index is -1.58. The van der Waals surface area contributed by atoms with Crippen molar-refractivity contribution in [2.24, 2.45) is 11.3 Å². The molecule has 10 heteroatoms. The number of carbonyl (C=O) groups excluding carboxylic acids is 1. The van der Waals surface area contributed by atoms with E-state index in [1.165, 1.54) is 32.1 Å². The van der Waals surface area contributed by atoms with Gasteiger partial charge in [-0.15, -0.1) is 0 Å². The molecule has 0 radical (unpaired) electrons. The average molecular weight is 549 g/mol. The van der Waals surface area contributed by atoms with E-state index in [1.807, 2.05) is 0 Å². The van der Waals surface area contributed by atoms with E-state index in [0.29, 0.717) is 18.3 Å². The molecule has 0 spiro atoms. The zero-order valence-electron chi connectivity index (χ0n) is 23.2. The zero-order chi connectivity index (χ0) is 28.1. The number of hydrogen-bond acceptors (Lipinski definition) is 10. The first-order valence-electron chi connectivity index (χ1n) is 14.5. The topological polar surface area (TPSA) is 166 Å². The lowest BCUT2D eigenvalue weighted by molar-refractivity contribution is -0.304. The molecule has 2 aliphatic heterocycles. The van der Waals surface area contributed by atoms with Gasteiger partial charge in [-0.1, -0.05) is 58.8 Å². The summed E-state index contributed by atoms with van der Waals surface area (Å²) in [6.07, 6.45) is 1.46. The third kappa shape index (κ3) is 10.7. The van der Waals surface area contributed by atoms with Crippen molar-refractivity contribution in [1.29, 1.82) is 0 Å². The average Bonchev–Trinajstić information content (AvgIpc) is 2.89. The fourth-order valence-electron chi connectivity index (χ4n) is 5.18. The molecule has 6 N–H and O–H groups in total. The standard InChI is InChI=1S/C28H52O10/c1-3-21(31)23(32)19(16-37-27-26(35)25(34)24(33)22(15-29)38-27)14-20(30)12-10-8-6-4-5-7-9-11-13-28(2)17-36-18-28/h19,21-27,29,31-35H,3-18H2,1-2H3/t19-,21+,22?,23-,24?,25?,26?,27?/m0/s1. The lowest BCUT2D eigenvalue weighted by Crippen LogP contribution is -2.59. The van der Waals surface area contributed by atoms with Crippen LogP contribution in [0.5, 0.6) is 0 Å². The highest BCUT2D eigenvalue weighted by atomic mass is 16.7. The smallest absolute Gasteiger partial charge is 0.186 e. The van der Waals surface area contributed by atoms with Gasteiger partial charge in [0.05, 0.1) is 38.6 Å². The van der Waals surface area contributed by atoms with Gasteiger partial charge in [-0.05, 0) is 19.3 Å². The Bertz CT molecular complexity index is 656. The van der Waals surface area contributed by atoms with Crippen LogP contribution in [0.4, 0.5) is 0 Å². The molecule has 0 aromatic carbocycles. The Morgan fingerprint density at radius 1 is 0.947 bits per heavy atom. The predicted molar refractivity (Wildman–Crippen MR) is 140 cm³/mol. The molecule has 2 heterocycles.